The summed E-state index contributed by atoms with van der Waals surface area (Å²) in [6.07, 6.45) is 3.73. The summed E-state index contributed by atoms with van der Waals surface area (Å²) in [4.78, 5) is 2.27. The minimum absolute atomic E-state index is 0.188. The highest BCUT2D eigenvalue weighted by atomic mass is 79.9. The van der Waals surface area contributed by atoms with Crippen molar-refractivity contribution in [3.05, 3.63) is 22.7 Å². The van der Waals surface area contributed by atoms with E-state index < -0.39 is 0 Å². The number of nitrogens with two attached hydrogens (primary N) is 1. The first-order chi connectivity index (χ1) is 7.72. The maximum atomic E-state index is 9.13. The van der Waals surface area contributed by atoms with Crippen molar-refractivity contribution in [2.75, 3.05) is 23.8 Å². The lowest BCUT2D eigenvalue weighted by Gasteiger charge is -2.39. The Hall–Kier alpha value is -0.740. The minimum Gasteiger partial charge on any atom is -0.399 e. The van der Waals surface area contributed by atoms with E-state index in [2.05, 4.69) is 20.8 Å². The fourth-order valence-electron chi connectivity index (χ4n) is 2.06. The summed E-state index contributed by atoms with van der Waals surface area (Å²) in [5, 5.41) is 9.13. The second-order valence-corrected chi connectivity index (χ2v) is 5.07. The molecule has 3 nitrogen and oxygen atoms in total. The third kappa shape index (κ3) is 2.33. The zero-order chi connectivity index (χ0) is 11.5. The molecule has 0 atom stereocenters. The summed E-state index contributed by atoms with van der Waals surface area (Å²) >= 11 is 3.54. The summed E-state index contributed by atoms with van der Waals surface area (Å²) in [5.74, 6) is 0. The molecule has 0 aromatic heterocycles. The van der Waals surface area contributed by atoms with E-state index in [1.165, 1.54) is 19.3 Å². The Labute approximate surface area is 104 Å². The van der Waals surface area contributed by atoms with Crippen LogP contribution >= 0.6 is 15.9 Å². The third-order valence-corrected chi connectivity index (χ3v) is 3.77. The number of hydrogen-bond acceptors (Lipinski definition) is 3. The molecule has 3 N–H and O–H groups in total. The summed E-state index contributed by atoms with van der Waals surface area (Å²) in [5.41, 5.74) is 7.62. The van der Waals surface area contributed by atoms with Gasteiger partial charge in [-0.15, -0.1) is 0 Å². The number of nitrogen functional groups attached to an aromatic ring is 1. The zero-order valence-electron chi connectivity index (χ0n) is 9.19. The van der Waals surface area contributed by atoms with Gasteiger partial charge >= 0.3 is 0 Å². The quantitative estimate of drug-likeness (QED) is 0.835. The SMILES string of the molecule is Nc1ccc(N(CCO)C2CCC2)c(Br)c1. The van der Waals surface area contributed by atoms with Crippen molar-refractivity contribution in [1.82, 2.24) is 0 Å². The standard InChI is InChI=1S/C12H17BrN2O/c13-11-8-9(14)4-5-12(11)15(6-7-16)10-2-1-3-10/h4-5,8,10,16H,1-3,6-7,14H2. The molecule has 0 bridgehead atoms. The van der Waals surface area contributed by atoms with Gasteiger partial charge in [0.05, 0.1) is 12.3 Å². The van der Waals surface area contributed by atoms with Gasteiger partial charge < -0.3 is 15.7 Å². The van der Waals surface area contributed by atoms with Crippen LogP contribution in [0.2, 0.25) is 0 Å². The average Bonchev–Trinajstić information content (AvgIpc) is 2.14. The van der Waals surface area contributed by atoms with Crippen LogP contribution in [0.15, 0.2) is 22.7 Å². The first-order valence-corrected chi connectivity index (χ1v) is 6.44. The van der Waals surface area contributed by atoms with Crippen LogP contribution in [0.1, 0.15) is 19.3 Å². The fraction of sp³-hybridized carbons (Fsp3) is 0.500. The molecule has 2 rings (SSSR count). The lowest BCUT2D eigenvalue weighted by molar-refractivity contribution is 0.283. The minimum atomic E-state index is 0.188. The van der Waals surface area contributed by atoms with E-state index in [1.807, 2.05) is 18.2 Å². The van der Waals surface area contributed by atoms with Gasteiger partial charge in [0, 0.05) is 22.7 Å². The van der Waals surface area contributed by atoms with Gasteiger partial charge in [0.15, 0.2) is 0 Å². The van der Waals surface area contributed by atoms with Gasteiger partial charge in [0.1, 0.15) is 0 Å². The monoisotopic (exact) mass is 284 g/mol. The molecule has 0 amide bonds. The van der Waals surface area contributed by atoms with Crippen LogP contribution in [0.5, 0.6) is 0 Å². The van der Waals surface area contributed by atoms with Gasteiger partial charge in [0.25, 0.3) is 0 Å². The molecule has 0 saturated heterocycles. The van der Waals surface area contributed by atoms with Crippen molar-refractivity contribution in [2.24, 2.45) is 0 Å². The molecule has 1 aromatic carbocycles. The van der Waals surface area contributed by atoms with Crippen molar-refractivity contribution in [2.45, 2.75) is 25.3 Å². The second-order valence-electron chi connectivity index (χ2n) is 4.21. The zero-order valence-corrected chi connectivity index (χ0v) is 10.8. The molecule has 0 spiro atoms. The van der Waals surface area contributed by atoms with Crippen molar-refractivity contribution in [3.8, 4) is 0 Å². The Bertz CT molecular complexity index is 366. The topological polar surface area (TPSA) is 49.5 Å². The first kappa shape index (κ1) is 11.7. The lowest BCUT2D eigenvalue weighted by atomic mass is 9.91. The number of halogens is 1. The van der Waals surface area contributed by atoms with Crippen molar-refractivity contribution in [3.63, 3.8) is 0 Å². The molecular weight excluding hydrogens is 268 g/mol. The number of rotatable bonds is 4. The highest BCUT2D eigenvalue weighted by molar-refractivity contribution is 9.10. The van der Waals surface area contributed by atoms with Crippen molar-refractivity contribution >= 4 is 27.3 Å². The lowest BCUT2D eigenvalue weighted by Crippen LogP contribution is -2.42. The summed E-state index contributed by atoms with van der Waals surface area (Å²) < 4.78 is 1.01. The molecule has 0 unspecified atom stereocenters. The van der Waals surface area contributed by atoms with Gasteiger partial charge in [-0.2, -0.15) is 0 Å². The Morgan fingerprint density at radius 1 is 1.44 bits per heavy atom. The van der Waals surface area contributed by atoms with Crippen LogP contribution in [0.4, 0.5) is 11.4 Å². The van der Waals surface area contributed by atoms with Gasteiger partial charge in [-0.1, -0.05) is 0 Å². The molecule has 4 heteroatoms. The molecule has 1 aromatic rings. The third-order valence-electron chi connectivity index (χ3n) is 3.14. The van der Waals surface area contributed by atoms with Gasteiger partial charge in [0.2, 0.25) is 0 Å². The molecule has 1 saturated carbocycles. The molecule has 1 aliphatic carbocycles. The maximum Gasteiger partial charge on any atom is 0.0606 e. The number of hydrogen-bond donors (Lipinski definition) is 2. The first-order valence-electron chi connectivity index (χ1n) is 5.65. The normalized spacial score (nSPS) is 15.9. The smallest absolute Gasteiger partial charge is 0.0606 e. The number of anilines is 2. The van der Waals surface area contributed by atoms with Crippen LogP contribution in [-0.4, -0.2) is 24.3 Å². The number of benzene rings is 1. The van der Waals surface area contributed by atoms with E-state index in [9.17, 15) is 0 Å². The molecule has 0 aliphatic heterocycles. The maximum absolute atomic E-state index is 9.13. The summed E-state index contributed by atoms with van der Waals surface area (Å²) in [6, 6.07) is 6.42. The van der Waals surface area contributed by atoms with E-state index >= 15 is 0 Å². The molecule has 88 valence electrons. The molecule has 0 radical (unpaired) electrons. The Morgan fingerprint density at radius 3 is 2.69 bits per heavy atom. The van der Waals surface area contributed by atoms with Crippen LogP contribution in [0, 0.1) is 0 Å². The second kappa shape index (κ2) is 5.06. The highest BCUT2D eigenvalue weighted by Gasteiger charge is 2.25. The summed E-state index contributed by atoms with van der Waals surface area (Å²) in [6.45, 7) is 0.875. The number of aliphatic hydroxyl groups is 1. The van der Waals surface area contributed by atoms with Gasteiger partial charge in [-0.25, -0.2) is 0 Å². The number of aliphatic hydroxyl groups excluding tert-OH is 1. The predicted molar refractivity (Wildman–Crippen MR) is 70.6 cm³/mol. The molecule has 16 heavy (non-hydrogen) atoms. The van der Waals surface area contributed by atoms with E-state index in [4.69, 9.17) is 10.8 Å². The van der Waals surface area contributed by atoms with E-state index in [0.717, 1.165) is 15.8 Å². The predicted octanol–water partition coefficient (Wildman–Crippen LogP) is 2.38. The Kier molecular flexibility index (Phi) is 3.71. The molecular formula is C12H17BrN2O. The van der Waals surface area contributed by atoms with E-state index in [0.29, 0.717) is 12.6 Å². The van der Waals surface area contributed by atoms with E-state index in [1.54, 1.807) is 0 Å². The number of nitrogens with zero attached hydrogens (tertiary/aromatic N) is 1. The summed E-state index contributed by atoms with van der Waals surface area (Å²) in [7, 11) is 0. The Balaban J connectivity index is 2.23. The van der Waals surface area contributed by atoms with Crippen LogP contribution < -0.4 is 10.6 Å². The fourth-order valence-corrected chi connectivity index (χ4v) is 2.69. The van der Waals surface area contributed by atoms with Crippen molar-refractivity contribution in [1.29, 1.82) is 0 Å². The van der Waals surface area contributed by atoms with Gasteiger partial charge in [-0.05, 0) is 53.4 Å². The van der Waals surface area contributed by atoms with Crippen LogP contribution in [0.3, 0.4) is 0 Å². The van der Waals surface area contributed by atoms with Crippen LogP contribution in [-0.2, 0) is 0 Å². The molecule has 1 aliphatic rings. The largest absolute Gasteiger partial charge is 0.399 e. The molecule has 0 heterocycles. The average molecular weight is 285 g/mol. The Morgan fingerprint density at radius 2 is 2.19 bits per heavy atom. The molecule has 1 fully saturated rings. The van der Waals surface area contributed by atoms with Crippen molar-refractivity contribution < 1.29 is 5.11 Å². The van der Waals surface area contributed by atoms with Crippen LogP contribution in [0.25, 0.3) is 0 Å². The highest BCUT2D eigenvalue weighted by Crippen LogP contribution is 2.34. The van der Waals surface area contributed by atoms with E-state index in [-0.39, 0.29) is 6.61 Å². The van der Waals surface area contributed by atoms with Gasteiger partial charge in [-0.3, -0.25) is 0 Å².